The minimum absolute atomic E-state index is 0.461. The number of rotatable bonds is 8. The van der Waals surface area contributed by atoms with Crippen LogP contribution in [0.3, 0.4) is 0 Å². The van der Waals surface area contributed by atoms with Crippen LogP contribution in [0.5, 0.6) is 5.75 Å². The van der Waals surface area contributed by atoms with Crippen molar-refractivity contribution in [2.75, 3.05) is 44.9 Å². The molecule has 0 atom stereocenters. The summed E-state index contributed by atoms with van der Waals surface area (Å²) in [5.41, 5.74) is 0.882. The quantitative estimate of drug-likeness (QED) is 0.722. The van der Waals surface area contributed by atoms with Crippen molar-refractivity contribution in [1.82, 2.24) is 20.1 Å². The average Bonchev–Trinajstić information content (AvgIpc) is 2.52. The van der Waals surface area contributed by atoms with Gasteiger partial charge in [0.2, 0.25) is 5.95 Å². The summed E-state index contributed by atoms with van der Waals surface area (Å²) >= 11 is 0. The second kappa shape index (κ2) is 8.14. The van der Waals surface area contributed by atoms with Crippen LogP contribution in [0.4, 0.5) is 17.5 Å². The van der Waals surface area contributed by atoms with Gasteiger partial charge in [-0.05, 0) is 51.3 Å². The lowest BCUT2D eigenvalue weighted by Crippen LogP contribution is -2.16. The van der Waals surface area contributed by atoms with Crippen molar-refractivity contribution in [2.24, 2.45) is 0 Å². The van der Waals surface area contributed by atoms with Gasteiger partial charge in [0.05, 0.1) is 13.3 Å². The Labute approximate surface area is 130 Å². The number of ether oxygens (including phenoxy) is 1. The third-order valence-corrected chi connectivity index (χ3v) is 2.99. The smallest absolute Gasteiger partial charge is 0.249 e. The Balaban J connectivity index is 1.90. The van der Waals surface area contributed by atoms with E-state index < -0.39 is 0 Å². The van der Waals surface area contributed by atoms with Crippen LogP contribution < -0.4 is 15.4 Å². The summed E-state index contributed by atoms with van der Waals surface area (Å²) < 4.78 is 5.13. The third-order valence-electron chi connectivity index (χ3n) is 2.99. The molecule has 0 aliphatic carbocycles. The molecule has 0 spiro atoms. The Kier molecular flexibility index (Phi) is 5.91. The van der Waals surface area contributed by atoms with Crippen LogP contribution in [0.15, 0.2) is 30.5 Å². The molecule has 0 bridgehead atoms. The van der Waals surface area contributed by atoms with Crippen LogP contribution >= 0.6 is 0 Å². The number of hydrogen-bond acceptors (Lipinski definition) is 7. The van der Waals surface area contributed by atoms with Crippen LogP contribution in [-0.4, -0.2) is 54.4 Å². The second-order valence-electron chi connectivity index (χ2n) is 5.10. The maximum atomic E-state index is 5.13. The summed E-state index contributed by atoms with van der Waals surface area (Å²) in [4.78, 5) is 6.54. The van der Waals surface area contributed by atoms with Gasteiger partial charge in [-0.1, -0.05) is 0 Å². The molecule has 0 saturated carbocycles. The Morgan fingerprint density at radius 1 is 1.18 bits per heavy atom. The molecule has 0 unspecified atom stereocenters. The summed E-state index contributed by atoms with van der Waals surface area (Å²) in [7, 11) is 5.76. The van der Waals surface area contributed by atoms with Gasteiger partial charge in [0.1, 0.15) is 5.75 Å². The highest BCUT2D eigenvalue weighted by atomic mass is 16.5. The first-order valence-corrected chi connectivity index (χ1v) is 7.17. The van der Waals surface area contributed by atoms with E-state index in [4.69, 9.17) is 4.74 Å². The summed E-state index contributed by atoms with van der Waals surface area (Å²) in [5, 5.41) is 14.3. The Morgan fingerprint density at radius 3 is 2.64 bits per heavy atom. The fourth-order valence-corrected chi connectivity index (χ4v) is 1.86. The maximum absolute atomic E-state index is 5.13. The van der Waals surface area contributed by atoms with Crippen molar-refractivity contribution in [3.63, 3.8) is 0 Å². The van der Waals surface area contributed by atoms with Crippen LogP contribution in [0.25, 0.3) is 0 Å². The van der Waals surface area contributed by atoms with Crippen LogP contribution in [-0.2, 0) is 0 Å². The lowest BCUT2D eigenvalue weighted by molar-refractivity contribution is 0.405. The first kappa shape index (κ1) is 16.0. The highest BCUT2D eigenvalue weighted by Gasteiger charge is 2.02. The molecule has 118 valence electrons. The van der Waals surface area contributed by atoms with Crippen molar-refractivity contribution < 1.29 is 4.74 Å². The number of hydrogen-bond donors (Lipinski definition) is 2. The Hall–Kier alpha value is -2.41. The predicted octanol–water partition coefficient (Wildman–Crippen LogP) is 1.99. The van der Waals surface area contributed by atoms with Gasteiger partial charge in [-0.15, -0.1) is 5.10 Å². The van der Waals surface area contributed by atoms with Gasteiger partial charge in [-0.2, -0.15) is 10.1 Å². The molecular weight excluding hydrogens is 280 g/mol. The SMILES string of the molecule is COc1ccc(Nc2nncc(NCCCN(C)C)n2)cc1. The van der Waals surface area contributed by atoms with E-state index in [1.54, 1.807) is 13.3 Å². The molecule has 7 heteroatoms. The van der Waals surface area contributed by atoms with Gasteiger partial charge in [0.25, 0.3) is 0 Å². The zero-order chi connectivity index (χ0) is 15.8. The van der Waals surface area contributed by atoms with E-state index in [2.05, 4.69) is 44.8 Å². The maximum Gasteiger partial charge on any atom is 0.249 e. The molecule has 0 aliphatic rings. The first-order valence-electron chi connectivity index (χ1n) is 7.17. The van der Waals surface area contributed by atoms with E-state index in [9.17, 15) is 0 Å². The predicted molar refractivity (Wildman–Crippen MR) is 87.8 cm³/mol. The Morgan fingerprint density at radius 2 is 1.95 bits per heavy atom. The largest absolute Gasteiger partial charge is 0.497 e. The lowest BCUT2D eigenvalue weighted by Gasteiger charge is -2.10. The van der Waals surface area contributed by atoms with Gasteiger partial charge < -0.3 is 20.3 Å². The number of aromatic nitrogens is 3. The number of benzene rings is 1. The Bertz CT molecular complexity index is 573. The van der Waals surface area contributed by atoms with Crippen LogP contribution in [0.1, 0.15) is 6.42 Å². The lowest BCUT2D eigenvalue weighted by atomic mass is 10.3. The molecule has 2 aromatic rings. The highest BCUT2D eigenvalue weighted by Crippen LogP contribution is 2.17. The monoisotopic (exact) mass is 302 g/mol. The molecular formula is C15H22N6O. The summed E-state index contributed by atoms with van der Waals surface area (Å²) in [6.45, 7) is 1.88. The van der Waals surface area contributed by atoms with Gasteiger partial charge in [0, 0.05) is 12.2 Å². The molecule has 1 aromatic carbocycles. The molecule has 0 radical (unpaired) electrons. The average molecular weight is 302 g/mol. The summed E-state index contributed by atoms with van der Waals surface area (Å²) in [5.74, 6) is 1.98. The normalized spacial score (nSPS) is 10.5. The van der Waals surface area contributed by atoms with Crippen molar-refractivity contribution >= 4 is 17.5 Å². The van der Waals surface area contributed by atoms with E-state index in [0.717, 1.165) is 30.9 Å². The molecule has 0 aliphatic heterocycles. The van der Waals surface area contributed by atoms with Crippen molar-refractivity contribution in [2.45, 2.75) is 6.42 Å². The molecule has 7 nitrogen and oxygen atoms in total. The van der Waals surface area contributed by atoms with Gasteiger partial charge >= 0.3 is 0 Å². The molecule has 0 amide bonds. The highest BCUT2D eigenvalue weighted by molar-refractivity contribution is 5.55. The standard InChI is InChI=1S/C15H22N6O/c1-21(2)10-4-9-16-14-11-17-20-15(19-14)18-12-5-7-13(22-3)8-6-12/h5-8,11H,4,9-10H2,1-3H3,(H2,16,18,19,20). The number of nitrogens with zero attached hydrogens (tertiary/aromatic N) is 4. The van der Waals surface area contributed by atoms with Crippen LogP contribution in [0, 0.1) is 0 Å². The van der Waals surface area contributed by atoms with Gasteiger partial charge in [-0.25, -0.2) is 0 Å². The minimum atomic E-state index is 0.461. The van der Waals surface area contributed by atoms with Crippen molar-refractivity contribution in [3.8, 4) is 5.75 Å². The molecule has 1 heterocycles. The number of methoxy groups -OCH3 is 1. The number of nitrogens with one attached hydrogen (secondary N) is 2. The molecule has 22 heavy (non-hydrogen) atoms. The van der Waals surface area contributed by atoms with Gasteiger partial charge in [-0.3, -0.25) is 0 Å². The van der Waals surface area contributed by atoms with Gasteiger partial charge in [0.15, 0.2) is 5.82 Å². The minimum Gasteiger partial charge on any atom is -0.497 e. The van der Waals surface area contributed by atoms with E-state index in [-0.39, 0.29) is 0 Å². The fraction of sp³-hybridized carbons (Fsp3) is 0.400. The van der Waals surface area contributed by atoms with E-state index >= 15 is 0 Å². The molecule has 2 N–H and O–H groups in total. The summed E-state index contributed by atoms with van der Waals surface area (Å²) in [6, 6.07) is 7.55. The molecule has 1 aromatic heterocycles. The van der Waals surface area contributed by atoms with Crippen molar-refractivity contribution in [3.05, 3.63) is 30.5 Å². The number of anilines is 3. The van der Waals surface area contributed by atoms with E-state index in [1.165, 1.54) is 0 Å². The second-order valence-corrected chi connectivity index (χ2v) is 5.10. The summed E-state index contributed by atoms with van der Waals surface area (Å²) in [6.07, 6.45) is 2.66. The van der Waals surface area contributed by atoms with E-state index in [1.807, 2.05) is 24.3 Å². The third kappa shape index (κ3) is 5.17. The zero-order valence-corrected chi connectivity index (χ0v) is 13.2. The molecule has 0 fully saturated rings. The van der Waals surface area contributed by atoms with Crippen LogP contribution in [0.2, 0.25) is 0 Å². The van der Waals surface area contributed by atoms with E-state index in [0.29, 0.717) is 11.8 Å². The zero-order valence-electron chi connectivity index (χ0n) is 13.2. The van der Waals surface area contributed by atoms with Crippen molar-refractivity contribution in [1.29, 1.82) is 0 Å². The fourth-order valence-electron chi connectivity index (χ4n) is 1.86. The molecule has 2 rings (SSSR count). The topological polar surface area (TPSA) is 75.2 Å². The first-order chi connectivity index (χ1) is 10.7. The molecule has 0 saturated heterocycles.